The molecular formula is C27H33O4P. The number of phosphoric ester groups is 1. The van der Waals surface area contributed by atoms with E-state index in [-0.39, 0.29) is 0 Å². The third-order valence-corrected chi connectivity index (χ3v) is 6.34. The lowest BCUT2D eigenvalue weighted by atomic mass is 10.1. The van der Waals surface area contributed by atoms with Crippen LogP contribution in [0.5, 0.6) is 17.2 Å². The van der Waals surface area contributed by atoms with E-state index in [9.17, 15) is 4.57 Å². The molecule has 0 fully saturated rings. The summed E-state index contributed by atoms with van der Waals surface area (Å²) in [6.45, 7) is 6.41. The Morgan fingerprint density at radius 2 is 0.750 bits per heavy atom. The Labute approximate surface area is 192 Å². The monoisotopic (exact) mass is 452 g/mol. The van der Waals surface area contributed by atoms with E-state index in [1.807, 2.05) is 36.4 Å². The molecule has 4 nitrogen and oxygen atoms in total. The fraction of sp³-hybridized carbons (Fsp3) is 0.333. The van der Waals surface area contributed by atoms with Crippen molar-refractivity contribution in [3.63, 3.8) is 0 Å². The van der Waals surface area contributed by atoms with Crippen molar-refractivity contribution in [3.05, 3.63) is 89.5 Å². The first-order valence-electron chi connectivity index (χ1n) is 11.5. The van der Waals surface area contributed by atoms with Crippen LogP contribution in [0.25, 0.3) is 0 Å². The highest BCUT2D eigenvalue weighted by molar-refractivity contribution is 7.49. The molecule has 0 amide bonds. The maximum absolute atomic E-state index is 13.7. The Morgan fingerprint density at radius 3 is 0.969 bits per heavy atom. The predicted molar refractivity (Wildman–Crippen MR) is 131 cm³/mol. The van der Waals surface area contributed by atoms with Gasteiger partial charge in [-0.25, -0.2) is 0 Å². The topological polar surface area (TPSA) is 44.8 Å². The molecule has 32 heavy (non-hydrogen) atoms. The van der Waals surface area contributed by atoms with Gasteiger partial charge in [0.15, 0.2) is 0 Å². The molecule has 0 bridgehead atoms. The van der Waals surface area contributed by atoms with Crippen molar-refractivity contribution in [2.75, 3.05) is 0 Å². The van der Waals surface area contributed by atoms with Crippen LogP contribution in [0.1, 0.15) is 56.7 Å². The zero-order valence-electron chi connectivity index (χ0n) is 19.3. The van der Waals surface area contributed by atoms with Gasteiger partial charge >= 0.3 is 7.82 Å². The molecule has 0 heterocycles. The molecule has 0 saturated carbocycles. The molecule has 0 unspecified atom stereocenters. The first kappa shape index (κ1) is 23.9. The van der Waals surface area contributed by atoms with Gasteiger partial charge in [-0.15, -0.1) is 0 Å². The molecule has 0 radical (unpaired) electrons. The SMILES string of the molecule is CCCc1ccc(OP(=O)(Oc2ccc(CCC)cc2)Oc2ccc(CCC)cc2)cc1. The number of hydrogen-bond acceptors (Lipinski definition) is 4. The van der Waals surface area contributed by atoms with Crippen molar-refractivity contribution in [3.8, 4) is 17.2 Å². The average Bonchev–Trinajstić information content (AvgIpc) is 2.78. The van der Waals surface area contributed by atoms with Gasteiger partial charge in [0.25, 0.3) is 0 Å². The maximum atomic E-state index is 13.7. The van der Waals surface area contributed by atoms with E-state index in [1.165, 1.54) is 16.7 Å². The van der Waals surface area contributed by atoms with Gasteiger partial charge in [0.05, 0.1) is 0 Å². The quantitative estimate of drug-likeness (QED) is 0.260. The van der Waals surface area contributed by atoms with Gasteiger partial charge in [-0.1, -0.05) is 76.4 Å². The van der Waals surface area contributed by atoms with Gasteiger partial charge in [-0.3, -0.25) is 0 Å². The second kappa shape index (κ2) is 11.8. The molecule has 5 heteroatoms. The fourth-order valence-electron chi connectivity index (χ4n) is 3.46. The Kier molecular flexibility index (Phi) is 8.81. The summed E-state index contributed by atoms with van der Waals surface area (Å²) in [6.07, 6.45) is 6.14. The minimum atomic E-state index is -3.98. The van der Waals surface area contributed by atoms with Gasteiger partial charge in [0, 0.05) is 0 Å². The summed E-state index contributed by atoms with van der Waals surface area (Å²) in [5, 5.41) is 0. The number of hydrogen-bond donors (Lipinski definition) is 0. The minimum Gasteiger partial charge on any atom is -0.386 e. The summed E-state index contributed by atoms with van der Waals surface area (Å²) < 4.78 is 31.1. The van der Waals surface area contributed by atoms with E-state index in [0.717, 1.165) is 38.5 Å². The molecule has 3 aromatic rings. The number of aryl methyl sites for hydroxylation is 3. The van der Waals surface area contributed by atoms with Crippen molar-refractivity contribution < 1.29 is 18.1 Å². The van der Waals surface area contributed by atoms with E-state index in [1.54, 1.807) is 36.4 Å². The van der Waals surface area contributed by atoms with Gasteiger partial charge in [0.1, 0.15) is 17.2 Å². The Hall–Kier alpha value is -2.71. The van der Waals surface area contributed by atoms with Crippen molar-refractivity contribution in [2.45, 2.75) is 59.3 Å². The second-order valence-corrected chi connectivity index (χ2v) is 9.35. The summed E-state index contributed by atoms with van der Waals surface area (Å²) in [6, 6.07) is 22.7. The second-order valence-electron chi connectivity index (χ2n) is 7.90. The van der Waals surface area contributed by atoms with Crippen LogP contribution in [0, 0.1) is 0 Å². The molecule has 3 rings (SSSR count). The Morgan fingerprint density at radius 1 is 0.500 bits per heavy atom. The van der Waals surface area contributed by atoms with Crippen molar-refractivity contribution in [1.82, 2.24) is 0 Å². The van der Waals surface area contributed by atoms with Crippen LogP contribution in [0.4, 0.5) is 0 Å². The first-order valence-corrected chi connectivity index (χ1v) is 12.9. The molecule has 0 aliphatic carbocycles. The zero-order valence-corrected chi connectivity index (χ0v) is 20.1. The Balaban J connectivity index is 1.82. The van der Waals surface area contributed by atoms with E-state index in [4.69, 9.17) is 13.6 Å². The maximum Gasteiger partial charge on any atom is 0.647 e. The van der Waals surface area contributed by atoms with Crippen LogP contribution in [-0.2, 0) is 23.8 Å². The molecule has 0 spiro atoms. The lowest BCUT2D eigenvalue weighted by Crippen LogP contribution is -2.07. The van der Waals surface area contributed by atoms with E-state index < -0.39 is 7.82 Å². The molecule has 0 aliphatic rings. The molecule has 0 atom stereocenters. The lowest BCUT2D eigenvalue weighted by Gasteiger charge is -2.20. The number of rotatable bonds is 12. The van der Waals surface area contributed by atoms with Gasteiger partial charge in [-0.2, -0.15) is 4.57 Å². The molecule has 3 aromatic carbocycles. The highest BCUT2D eigenvalue weighted by Gasteiger charge is 2.33. The average molecular weight is 453 g/mol. The predicted octanol–water partition coefficient (Wildman–Crippen LogP) is 8.19. The van der Waals surface area contributed by atoms with Crippen molar-refractivity contribution >= 4 is 7.82 Å². The van der Waals surface area contributed by atoms with Crippen LogP contribution in [0.2, 0.25) is 0 Å². The molecule has 170 valence electrons. The number of phosphoric acid groups is 1. The smallest absolute Gasteiger partial charge is 0.386 e. The number of benzene rings is 3. The minimum absolute atomic E-state index is 0.443. The highest BCUT2D eigenvalue weighted by atomic mass is 31.2. The van der Waals surface area contributed by atoms with E-state index in [2.05, 4.69) is 20.8 Å². The third kappa shape index (κ3) is 7.17. The summed E-state index contributed by atoms with van der Waals surface area (Å²) in [5.74, 6) is 1.33. The molecular weight excluding hydrogens is 419 g/mol. The largest absolute Gasteiger partial charge is 0.647 e. The standard InChI is InChI=1S/C27H33O4P/c1-4-7-22-10-16-25(17-11-22)29-32(28,30-26-18-12-23(8-5-2)13-19-26)31-27-20-14-24(9-6-3)15-21-27/h10-21H,4-9H2,1-3H3. The van der Waals surface area contributed by atoms with Crippen LogP contribution < -0.4 is 13.6 Å². The Bertz CT molecular complexity index is 863. The molecule has 0 aromatic heterocycles. The highest BCUT2D eigenvalue weighted by Crippen LogP contribution is 2.49. The summed E-state index contributed by atoms with van der Waals surface area (Å²) in [7, 11) is -3.98. The van der Waals surface area contributed by atoms with Crippen LogP contribution in [-0.4, -0.2) is 0 Å². The van der Waals surface area contributed by atoms with Gasteiger partial charge in [-0.05, 0) is 72.4 Å². The fourth-order valence-corrected chi connectivity index (χ4v) is 4.71. The summed E-state index contributed by atoms with van der Waals surface area (Å²) >= 11 is 0. The van der Waals surface area contributed by atoms with Gasteiger partial charge < -0.3 is 13.6 Å². The van der Waals surface area contributed by atoms with Crippen molar-refractivity contribution in [2.24, 2.45) is 0 Å². The molecule has 0 aliphatic heterocycles. The van der Waals surface area contributed by atoms with Gasteiger partial charge in [0.2, 0.25) is 0 Å². The van der Waals surface area contributed by atoms with Crippen LogP contribution >= 0.6 is 7.82 Å². The van der Waals surface area contributed by atoms with E-state index >= 15 is 0 Å². The molecule has 0 saturated heterocycles. The summed E-state index contributed by atoms with van der Waals surface area (Å²) in [5.41, 5.74) is 3.61. The van der Waals surface area contributed by atoms with Crippen molar-refractivity contribution in [1.29, 1.82) is 0 Å². The van der Waals surface area contributed by atoms with Crippen LogP contribution in [0.15, 0.2) is 72.8 Å². The van der Waals surface area contributed by atoms with Crippen LogP contribution in [0.3, 0.4) is 0 Å². The molecule has 0 N–H and O–H groups in total. The summed E-state index contributed by atoms with van der Waals surface area (Å²) in [4.78, 5) is 0. The normalized spacial score (nSPS) is 11.2. The third-order valence-electron chi connectivity index (χ3n) is 5.04. The van der Waals surface area contributed by atoms with E-state index in [0.29, 0.717) is 17.2 Å². The zero-order chi connectivity index (χ0) is 22.8. The first-order chi connectivity index (χ1) is 15.5. The lowest BCUT2D eigenvalue weighted by molar-refractivity contribution is 0.298.